The van der Waals surface area contributed by atoms with Gasteiger partial charge >= 0.3 is 0 Å². The lowest BCUT2D eigenvalue weighted by atomic mass is 9.99. The third-order valence-electron chi connectivity index (χ3n) is 4.94. The lowest BCUT2D eigenvalue weighted by Gasteiger charge is -2.27. The summed E-state index contributed by atoms with van der Waals surface area (Å²) in [5.74, 6) is 0.587. The van der Waals surface area contributed by atoms with Gasteiger partial charge in [0.2, 0.25) is 0 Å². The average molecular weight is 288 g/mol. The summed E-state index contributed by atoms with van der Waals surface area (Å²) in [5, 5.41) is 3.25. The first-order valence-corrected chi connectivity index (χ1v) is 8.64. The Morgan fingerprint density at radius 1 is 1.10 bits per heavy atom. The second-order valence-electron chi connectivity index (χ2n) is 6.76. The van der Waals surface area contributed by atoms with Gasteiger partial charge in [0.1, 0.15) is 0 Å². The molecular weight excluding hydrogens is 256 g/mol. The zero-order valence-electron chi connectivity index (χ0n) is 14.1. The zero-order valence-corrected chi connectivity index (χ0v) is 14.1. The first-order chi connectivity index (χ1) is 10.2. The molecule has 0 radical (unpaired) electrons. The quantitative estimate of drug-likeness (QED) is 0.791. The normalized spacial score (nSPS) is 18.7. The van der Waals surface area contributed by atoms with Crippen LogP contribution in [0.4, 0.5) is 0 Å². The summed E-state index contributed by atoms with van der Waals surface area (Å²) in [4.78, 5) is 2.57. The molecular formula is C19H32N2. The number of nitrogens with one attached hydrogen (secondary N) is 1. The lowest BCUT2D eigenvalue weighted by molar-refractivity contribution is 0.213. The van der Waals surface area contributed by atoms with Gasteiger partial charge in [-0.1, -0.05) is 56.9 Å². The Hall–Kier alpha value is -0.860. The van der Waals surface area contributed by atoms with Crippen molar-refractivity contribution in [3.8, 4) is 0 Å². The third kappa shape index (κ3) is 5.12. The largest absolute Gasteiger partial charge is 0.319 e. The van der Waals surface area contributed by atoms with Crippen molar-refractivity contribution < 1.29 is 0 Å². The smallest absolute Gasteiger partial charge is 0.0233 e. The molecule has 0 heterocycles. The molecule has 1 atom stereocenters. The van der Waals surface area contributed by atoms with Gasteiger partial charge in [-0.05, 0) is 44.0 Å². The van der Waals surface area contributed by atoms with Crippen LogP contribution in [0.1, 0.15) is 62.5 Å². The molecule has 0 saturated heterocycles. The number of likely N-dealkylation sites (N-methyl/N-ethyl adjacent to an activating group) is 1. The highest BCUT2D eigenvalue weighted by atomic mass is 15.1. The maximum absolute atomic E-state index is 3.25. The van der Waals surface area contributed by atoms with Gasteiger partial charge in [-0.3, -0.25) is 4.90 Å². The van der Waals surface area contributed by atoms with E-state index in [1.54, 1.807) is 0 Å². The van der Waals surface area contributed by atoms with Crippen molar-refractivity contribution in [1.29, 1.82) is 0 Å². The number of benzene rings is 1. The Labute approximate surface area is 130 Å². The second-order valence-corrected chi connectivity index (χ2v) is 6.76. The molecule has 2 rings (SSSR count). The fraction of sp³-hybridized carbons (Fsp3) is 0.684. The highest BCUT2D eigenvalue weighted by Crippen LogP contribution is 2.23. The summed E-state index contributed by atoms with van der Waals surface area (Å²) in [7, 11) is 4.32. The molecule has 21 heavy (non-hydrogen) atoms. The molecule has 1 aromatic rings. The lowest BCUT2D eigenvalue weighted by Crippen LogP contribution is -2.30. The van der Waals surface area contributed by atoms with Gasteiger partial charge in [-0.25, -0.2) is 0 Å². The topological polar surface area (TPSA) is 15.3 Å². The maximum Gasteiger partial charge on any atom is 0.0233 e. The summed E-state index contributed by atoms with van der Waals surface area (Å²) >= 11 is 0. The van der Waals surface area contributed by atoms with Crippen LogP contribution in [-0.2, 0) is 6.54 Å². The molecule has 118 valence electrons. The summed E-state index contributed by atoms with van der Waals surface area (Å²) in [6, 6.07) is 10.0. The first-order valence-electron chi connectivity index (χ1n) is 8.64. The predicted octanol–water partition coefficient (Wildman–Crippen LogP) is 4.16. The van der Waals surface area contributed by atoms with Crippen LogP contribution in [-0.4, -0.2) is 31.6 Å². The first kappa shape index (κ1) is 16.5. The van der Waals surface area contributed by atoms with Gasteiger partial charge in [-0.15, -0.1) is 0 Å². The van der Waals surface area contributed by atoms with E-state index in [4.69, 9.17) is 0 Å². The minimum Gasteiger partial charge on any atom is -0.319 e. The van der Waals surface area contributed by atoms with Crippen LogP contribution in [0.5, 0.6) is 0 Å². The van der Waals surface area contributed by atoms with E-state index in [1.165, 1.54) is 49.7 Å². The standard InChI is InChI=1S/C19H32N2/c1-16(14-20-2)18-12-10-17(11-13-18)15-21(3)19-8-6-4-5-7-9-19/h10-13,16,19-20H,4-9,14-15H2,1-3H3. The van der Waals surface area contributed by atoms with Crippen LogP contribution >= 0.6 is 0 Å². The number of nitrogens with zero attached hydrogens (tertiary/aromatic N) is 1. The van der Waals surface area contributed by atoms with Crippen molar-refractivity contribution in [2.24, 2.45) is 0 Å². The molecule has 0 spiro atoms. The molecule has 2 nitrogen and oxygen atoms in total. The Bertz CT molecular complexity index is 391. The van der Waals surface area contributed by atoms with Crippen LogP contribution in [0.25, 0.3) is 0 Å². The van der Waals surface area contributed by atoms with E-state index in [2.05, 4.69) is 48.5 Å². The van der Waals surface area contributed by atoms with Crippen molar-refractivity contribution in [1.82, 2.24) is 10.2 Å². The van der Waals surface area contributed by atoms with Gasteiger partial charge in [0, 0.05) is 19.1 Å². The summed E-state index contributed by atoms with van der Waals surface area (Å²) in [5.41, 5.74) is 2.88. The highest BCUT2D eigenvalue weighted by Gasteiger charge is 2.17. The highest BCUT2D eigenvalue weighted by molar-refractivity contribution is 5.25. The Morgan fingerprint density at radius 2 is 1.71 bits per heavy atom. The average Bonchev–Trinajstić information content (AvgIpc) is 2.77. The number of rotatable bonds is 6. The van der Waals surface area contributed by atoms with Gasteiger partial charge < -0.3 is 5.32 Å². The molecule has 1 N–H and O–H groups in total. The van der Waals surface area contributed by atoms with Gasteiger partial charge in [0.25, 0.3) is 0 Å². The fourth-order valence-corrected chi connectivity index (χ4v) is 3.49. The molecule has 1 aromatic carbocycles. The molecule has 1 unspecified atom stereocenters. The molecule has 0 aromatic heterocycles. The van der Waals surface area contributed by atoms with Crippen LogP contribution in [0.2, 0.25) is 0 Å². The molecule has 1 fully saturated rings. The minimum absolute atomic E-state index is 0.587. The van der Waals surface area contributed by atoms with E-state index in [-0.39, 0.29) is 0 Å². The second kappa shape index (κ2) is 8.55. The minimum atomic E-state index is 0.587. The summed E-state index contributed by atoms with van der Waals surface area (Å²) in [6.07, 6.45) is 8.46. The van der Waals surface area contributed by atoms with Crippen LogP contribution in [0, 0.1) is 0 Å². The van der Waals surface area contributed by atoms with Crippen LogP contribution in [0.3, 0.4) is 0 Å². The maximum atomic E-state index is 3.25. The monoisotopic (exact) mass is 288 g/mol. The SMILES string of the molecule is CNCC(C)c1ccc(CN(C)C2CCCCCC2)cc1. The van der Waals surface area contributed by atoms with Crippen molar-refractivity contribution in [2.75, 3.05) is 20.6 Å². The van der Waals surface area contributed by atoms with E-state index in [9.17, 15) is 0 Å². The number of hydrogen-bond donors (Lipinski definition) is 1. The molecule has 0 bridgehead atoms. The van der Waals surface area contributed by atoms with Crippen LogP contribution in [0.15, 0.2) is 24.3 Å². The van der Waals surface area contributed by atoms with E-state index in [0.717, 1.165) is 19.1 Å². The van der Waals surface area contributed by atoms with Crippen molar-refractivity contribution in [3.63, 3.8) is 0 Å². The summed E-state index contributed by atoms with van der Waals surface area (Å²) in [6.45, 7) is 4.41. The fourth-order valence-electron chi connectivity index (χ4n) is 3.49. The predicted molar refractivity (Wildman–Crippen MR) is 91.7 cm³/mol. The van der Waals surface area contributed by atoms with Crippen molar-refractivity contribution >= 4 is 0 Å². The van der Waals surface area contributed by atoms with Gasteiger partial charge in [0.15, 0.2) is 0 Å². The van der Waals surface area contributed by atoms with Gasteiger partial charge in [0.05, 0.1) is 0 Å². The molecule has 0 amide bonds. The van der Waals surface area contributed by atoms with E-state index < -0.39 is 0 Å². The van der Waals surface area contributed by atoms with E-state index >= 15 is 0 Å². The Morgan fingerprint density at radius 3 is 2.29 bits per heavy atom. The molecule has 0 aliphatic heterocycles. The molecule has 1 aliphatic rings. The number of hydrogen-bond acceptors (Lipinski definition) is 2. The summed E-state index contributed by atoms with van der Waals surface area (Å²) < 4.78 is 0. The van der Waals surface area contributed by atoms with Crippen LogP contribution < -0.4 is 5.32 Å². The third-order valence-corrected chi connectivity index (χ3v) is 4.94. The Balaban J connectivity index is 1.89. The van der Waals surface area contributed by atoms with E-state index in [1.807, 2.05) is 7.05 Å². The van der Waals surface area contributed by atoms with Gasteiger partial charge in [-0.2, -0.15) is 0 Å². The van der Waals surface area contributed by atoms with Crippen molar-refractivity contribution in [2.45, 2.75) is 64.0 Å². The van der Waals surface area contributed by atoms with Crippen molar-refractivity contribution in [3.05, 3.63) is 35.4 Å². The Kier molecular flexibility index (Phi) is 6.72. The van der Waals surface area contributed by atoms with E-state index in [0.29, 0.717) is 5.92 Å². The molecule has 1 saturated carbocycles. The zero-order chi connectivity index (χ0) is 15.1. The molecule has 1 aliphatic carbocycles. The molecule has 2 heteroatoms.